The summed E-state index contributed by atoms with van der Waals surface area (Å²) in [4.78, 5) is 0. The Kier molecular flexibility index (Phi) is 4.64. The molecule has 1 fully saturated rings. The highest BCUT2D eigenvalue weighted by molar-refractivity contribution is 4.88. The molecule has 1 saturated carbocycles. The molecular formula is C14H28O. The van der Waals surface area contributed by atoms with Gasteiger partial charge in [0.25, 0.3) is 0 Å². The van der Waals surface area contributed by atoms with Crippen molar-refractivity contribution in [3.8, 4) is 0 Å². The molecule has 1 nitrogen and oxygen atoms in total. The maximum absolute atomic E-state index is 10.6. The maximum atomic E-state index is 10.6. The van der Waals surface area contributed by atoms with Crippen LogP contribution in [0.4, 0.5) is 0 Å². The second-order valence-corrected chi connectivity index (χ2v) is 6.18. The predicted molar refractivity (Wildman–Crippen MR) is 65.8 cm³/mol. The Morgan fingerprint density at radius 3 is 2.27 bits per heavy atom. The van der Waals surface area contributed by atoms with E-state index in [1.54, 1.807) is 0 Å². The number of rotatable bonds is 4. The molecular weight excluding hydrogens is 184 g/mol. The summed E-state index contributed by atoms with van der Waals surface area (Å²) in [5.41, 5.74) is -0.355. The van der Waals surface area contributed by atoms with Crippen molar-refractivity contribution < 1.29 is 5.11 Å². The van der Waals surface area contributed by atoms with E-state index in [-0.39, 0.29) is 5.60 Å². The Morgan fingerprint density at radius 2 is 1.80 bits per heavy atom. The summed E-state index contributed by atoms with van der Waals surface area (Å²) in [6.45, 7) is 9.08. The summed E-state index contributed by atoms with van der Waals surface area (Å²) in [5, 5.41) is 10.6. The van der Waals surface area contributed by atoms with Crippen LogP contribution in [-0.2, 0) is 0 Å². The fraction of sp³-hybridized carbons (Fsp3) is 1.00. The van der Waals surface area contributed by atoms with Gasteiger partial charge in [0.05, 0.1) is 5.60 Å². The molecule has 0 radical (unpaired) electrons. The van der Waals surface area contributed by atoms with Crippen molar-refractivity contribution in [1.29, 1.82) is 0 Å². The van der Waals surface area contributed by atoms with E-state index in [0.717, 1.165) is 19.3 Å². The van der Waals surface area contributed by atoms with Gasteiger partial charge in [-0.3, -0.25) is 0 Å². The highest BCUT2D eigenvalue weighted by Crippen LogP contribution is 2.40. The lowest BCUT2D eigenvalue weighted by atomic mass is 9.70. The molecule has 0 saturated heterocycles. The van der Waals surface area contributed by atoms with Gasteiger partial charge in [-0.1, -0.05) is 40.5 Å². The van der Waals surface area contributed by atoms with E-state index in [1.165, 1.54) is 19.3 Å². The van der Waals surface area contributed by atoms with Crippen molar-refractivity contribution in [1.82, 2.24) is 0 Å². The van der Waals surface area contributed by atoms with Crippen molar-refractivity contribution in [3.63, 3.8) is 0 Å². The molecule has 1 heteroatoms. The molecule has 0 spiro atoms. The van der Waals surface area contributed by atoms with Crippen LogP contribution in [0.2, 0.25) is 0 Å². The van der Waals surface area contributed by atoms with Gasteiger partial charge in [0.15, 0.2) is 0 Å². The third-order valence-corrected chi connectivity index (χ3v) is 3.77. The number of hydrogen-bond acceptors (Lipinski definition) is 1. The van der Waals surface area contributed by atoms with E-state index in [0.29, 0.717) is 17.8 Å². The van der Waals surface area contributed by atoms with Gasteiger partial charge in [-0.2, -0.15) is 0 Å². The molecule has 0 aliphatic heterocycles. The normalized spacial score (nSPS) is 39.0. The van der Waals surface area contributed by atoms with Crippen molar-refractivity contribution in [2.45, 2.75) is 71.8 Å². The zero-order valence-corrected chi connectivity index (χ0v) is 10.9. The lowest BCUT2D eigenvalue weighted by Crippen LogP contribution is -2.39. The fourth-order valence-corrected chi connectivity index (χ4v) is 3.64. The smallest absolute Gasteiger partial charge is 0.0655 e. The van der Waals surface area contributed by atoms with Crippen molar-refractivity contribution in [3.05, 3.63) is 0 Å². The zero-order chi connectivity index (χ0) is 11.5. The van der Waals surface area contributed by atoms with Crippen molar-refractivity contribution >= 4 is 0 Å². The van der Waals surface area contributed by atoms with Crippen LogP contribution in [-0.4, -0.2) is 10.7 Å². The third-order valence-electron chi connectivity index (χ3n) is 3.77. The third kappa shape index (κ3) is 4.14. The number of aliphatic hydroxyl groups is 1. The van der Waals surface area contributed by atoms with Crippen molar-refractivity contribution in [2.24, 2.45) is 17.8 Å². The van der Waals surface area contributed by atoms with Gasteiger partial charge < -0.3 is 5.11 Å². The van der Waals surface area contributed by atoms with Crippen LogP contribution in [0.3, 0.4) is 0 Å². The minimum Gasteiger partial charge on any atom is -0.390 e. The first kappa shape index (κ1) is 13.0. The lowest BCUT2D eigenvalue weighted by Gasteiger charge is -2.40. The summed E-state index contributed by atoms with van der Waals surface area (Å²) in [6.07, 6.45) is 6.84. The topological polar surface area (TPSA) is 20.2 Å². The standard InChI is InChI=1S/C14H28O/c1-5-6-11(2)8-14(15)9-12(3)7-13(4)10-14/h11-13,15H,5-10H2,1-4H3. The molecule has 0 amide bonds. The molecule has 0 bridgehead atoms. The lowest BCUT2D eigenvalue weighted by molar-refractivity contribution is -0.0481. The first-order chi connectivity index (χ1) is 6.95. The van der Waals surface area contributed by atoms with Crippen LogP contribution < -0.4 is 0 Å². The van der Waals surface area contributed by atoms with E-state index < -0.39 is 0 Å². The Morgan fingerprint density at radius 1 is 1.27 bits per heavy atom. The van der Waals surface area contributed by atoms with Gasteiger partial charge >= 0.3 is 0 Å². The average Bonchev–Trinajstić information content (AvgIpc) is 1.99. The molecule has 0 aromatic rings. The van der Waals surface area contributed by atoms with Gasteiger partial charge in [-0.25, -0.2) is 0 Å². The number of hydrogen-bond donors (Lipinski definition) is 1. The van der Waals surface area contributed by atoms with E-state index in [2.05, 4.69) is 27.7 Å². The van der Waals surface area contributed by atoms with Crippen LogP contribution in [0, 0.1) is 17.8 Å². The van der Waals surface area contributed by atoms with Crippen LogP contribution >= 0.6 is 0 Å². The van der Waals surface area contributed by atoms with Crippen molar-refractivity contribution in [2.75, 3.05) is 0 Å². The molecule has 1 rings (SSSR count). The predicted octanol–water partition coefficient (Wildman–Crippen LogP) is 4.00. The van der Waals surface area contributed by atoms with E-state index in [1.807, 2.05) is 0 Å². The van der Waals surface area contributed by atoms with E-state index in [9.17, 15) is 5.11 Å². The second kappa shape index (κ2) is 5.34. The maximum Gasteiger partial charge on any atom is 0.0655 e. The van der Waals surface area contributed by atoms with Crippen LogP contribution in [0.15, 0.2) is 0 Å². The molecule has 15 heavy (non-hydrogen) atoms. The Bertz CT molecular complexity index is 178. The molecule has 1 aliphatic carbocycles. The molecule has 1 aliphatic rings. The summed E-state index contributed by atoms with van der Waals surface area (Å²) < 4.78 is 0. The van der Waals surface area contributed by atoms with E-state index in [4.69, 9.17) is 0 Å². The van der Waals surface area contributed by atoms with E-state index >= 15 is 0 Å². The molecule has 90 valence electrons. The van der Waals surface area contributed by atoms with Gasteiger partial charge in [-0.05, 0) is 43.4 Å². The Labute approximate surface area is 95.3 Å². The van der Waals surface area contributed by atoms with Crippen LogP contribution in [0.5, 0.6) is 0 Å². The minimum atomic E-state index is -0.355. The zero-order valence-electron chi connectivity index (χ0n) is 10.9. The van der Waals surface area contributed by atoms with Crippen LogP contribution in [0.25, 0.3) is 0 Å². The second-order valence-electron chi connectivity index (χ2n) is 6.18. The SMILES string of the molecule is CCCC(C)CC1(O)CC(C)CC(C)C1. The van der Waals surface area contributed by atoms with Gasteiger partial charge in [0.1, 0.15) is 0 Å². The summed E-state index contributed by atoms with van der Waals surface area (Å²) >= 11 is 0. The molecule has 1 N–H and O–H groups in total. The average molecular weight is 212 g/mol. The minimum absolute atomic E-state index is 0.355. The highest BCUT2D eigenvalue weighted by Gasteiger charge is 2.36. The summed E-state index contributed by atoms with van der Waals surface area (Å²) in [5.74, 6) is 2.08. The van der Waals surface area contributed by atoms with Crippen LogP contribution in [0.1, 0.15) is 66.2 Å². The largest absolute Gasteiger partial charge is 0.390 e. The molecule has 0 aromatic carbocycles. The quantitative estimate of drug-likeness (QED) is 0.747. The van der Waals surface area contributed by atoms with Gasteiger partial charge in [0.2, 0.25) is 0 Å². The first-order valence-electron chi connectivity index (χ1n) is 6.67. The first-order valence-corrected chi connectivity index (χ1v) is 6.67. The Hall–Kier alpha value is -0.0400. The molecule has 3 atom stereocenters. The Balaban J connectivity index is 2.49. The molecule has 0 aromatic heterocycles. The summed E-state index contributed by atoms with van der Waals surface area (Å²) in [6, 6.07) is 0. The summed E-state index contributed by atoms with van der Waals surface area (Å²) in [7, 11) is 0. The van der Waals surface area contributed by atoms with Gasteiger partial charge in [-0.15, -0.1) is 0 Å². The van der Waals surface area contributed by atoms with Gasteiger partial charge in [0, 0.05) is 0 Å². The molecule has 0 heterocycles. The highest BCUT2D eigenvalue weighted by atomic mass is 16.3. The molecule has 3 unspecified atom stereocenters. The monoisotopic (exact) mass is 212 g/mol. The fourth-order valence-electron chi connectivity index (χ4n) is 3.64.